The summed E-state index contributed by atoms with van der Waals surface area (Å²) in [6.45, 7) is 0. The number of rotatable bonds is 2. The molecule has 0 nitrogen and oxygen atoms in total. The van der Waals surface area contributed by atoms with Gasteiger partial charge in [-0.2, -0.15) is 0 Å². The molecule has 0 radical (unpaired) electrons. The Morgan fingerprint density at radius 3 is 1.44 bits per heavy atom. The molecule has 0 saturated carbocycles. The predicted octanol–water partition coefficient (Wildman–Crippen LogP) is 11.7. The molecule has 3 aliphatic carbocycles. The van der Waals surface area contributed by atoms with Crippen molar-refractivity contribution in [1.82, 2.24) is 0 Å². The average Bonchev–Trinajstić information content (AvgIpc) is 3.79. The molecule has 0 saturated heterocycles. The van der Waals surface area contributed by atoms with Crippen LogP contribution in [0.3, 0.4) is 0 Å². The van der Waals surface area contributed by atoms with Crippen molar-refractivity contribution in [1.29, 1.82) is 0 Å². The fraction of sp³-hybridized carbons (Fsp3) is 0.0667. The molecular formula is C45H26. The molecular weight excluding hydrogens is 540 g/mol. The molecule has 9 aromatic rings. The molecule has 3 aliphatic rings. The third kappa shape index (κ3) is 2.68. The zero-order valence-corrected chi connectivity index (χ0v) is 24.7. The molecule has 12 rings (SSSR count). The molecule has 0 aliphatic heterocycles. The molecule has 45 heavy (non-hydrogen) atoms. The molecule has 0 N–H and O–H groups in total. The molecule has 0 fully saturated rings. The van der Waals surface area contributed by atoms with Gasteiger partial charge in [-0.3, -0.25) is 0 Å². The summed E-state index contributed by atoms with van der Waals surface area (Å²) in [5, 5.41) is 17.3. The average molecular weight is 567 g/mol. The number of hydrogen-bond acceptors (Lipinski definition) is 0. The molecule has 0 aromatic heterocycles. The first-order chi connectivity index (χ1) is 22.3. The highest BCUT2D eigenvalue weighted by Gasteiger charge is 2.34. The highest BCUT2D eigenvalue weighted by Crippen LogP contribution is 2.56. The van der Waals surface area contributed by atoms with Crippen molar-refractivity contribution in [2.75, 3.05) is 0 Å². The summed E-state index contributed by atoms with van der Waals surface area (Å²) in [4.78, 5) is 0. The van der Waals surface area contributed by atoms with E-state index in [1.807, 2.05) is 0 Å². The summed E-state index contributed by atoms with van der Waals surface area (Å²) in [6.07, 6.45) is 3.06. The second kappa shape index (κ2) is 7.78. The van der Waals surface area contributed by atoms with E-state index < -0.39 is 0 Å². The van der Waals surface area contributed by atoms with E-state index in [4.69, 9.17) is 0 Å². The number of hydrogen-bond donors (Lipinski definition) is 0. The minimum Gasteiger partial charge on any atom is -0.0622 e. The van der Waals surface area contributed by atoms with Gasteiger partial charge in [0.1, 0.15) is 0 Å². The van der Waals surface area contributed by atoms with Gasteiger partial charge in [-0.05, 0) is 158 Å². The van der Waals surface area contributed by atoms with Crippen LogP contribution in [0.2, 0.25) is 0 Å². The van der Waals surface area contributed by atoms with Crippen molar-refractivity contribution in [3.8, 4) is 22.3 Å². The van der Waals surface area contributed by atoms with E-state index in [0.29, 0.717) is 0 Å². The monoisotopic (exact) mass is 566 g/mol. The van der Waals surface area contributed by atoms with E-state index in [0.717, 1.165) is 19.3 Å². The molecule has 0 bridgehead atoms. The molecule has 0 heteroatoms. The number of benzene rings is 9. The van der Waals surface area contributed by atoms with Crippen LogP contribution in [-0.4, -0.2) is 0 Å². The largest absolute Gasteiger partial charge is 0.0622 e. The van der Waals surface area contributed by atoms with Gasteiger partial charge >= 0.3 is 0 Å². The van der Waals surface area contributed by atoms with E-state index in [-0.39, 0.29) is 0 Å². The van der Waals surface area contributed by atoms with Gasteiger partial charge < -0.3 is 0 Å². The van der Waals surface area contributed by atoms with E-state index in [1.165, 1.54) is 88.0 Å². The molecule has 9 aromatic carbocycles. The summed E-state index contributed by atoms with van der Waals surface area (Å²) in [6, 6.07) is 46.2. The lowest BCUT2D eigenvalue weighted by Crippen LogP contribution is -1.92. The lowest BCUT2D eigenvalue weighted by molar-refractivity contribution is 1.24. The van der Waals surface area contributed by atoms with Crippen LogP contribution in [0.5, 0.6) is 0 Å². The van der Waals surface area contributed by atoms with Crippen LogP contribution in [0.1, 0.15) is 33.4 Å². The topological polar surface area (TPSA) is 0 Å². The highest BCUT2D eigenvalue weighted by atomic mass is 14.4. The first-order valence-corrected chi connectivity index (χ1v) is 16.2. The van der Waals surface area contributed by atoms with Gasteiger partial charge in [0.25, 0.3) is 0 Å². The maximum Gasteiger partial charge on any atom is -0.000660 e. The van der Waals surface area contributed by atoms with Crippen molar-refractivity contribution >= 4 is 64.6 Å². The van der Waals surface area contributed by atoms with Gasteiger partial charge in [-0.1, -0.05) is 103 Å². The predicted molar refractivity (Wildman–Crippen MR) is 191 cm³/mol. The Kier molecular flexibility index (Phi) is 3.98. The van der Waals surface area contributed by atoms with Crippen LogP contribution in [-0.2, 0) is 19.3 Å². The molecule has 0 heterocycles. The normalized spacial score (nSPS) is 14.0. The second-order valence-electron chi connectivity index (χ2n) is 13.5. The van der Waals surface area contributed by atoms with Crippen molar-refractivity contribution < 1.29 is 0 Å². The van der Waals surface area contributed by atoms with Crippen molar-refractivity contribution in [2.45, 2.75) is 19.3 Å². The molecule has 0 atom stereocenters. The first-order valence-electron chi connectivity index (χ1n) is 16.2. The van der Waals surface area contributed by atoms with E-state index in [9.17, 15) is 0 Å². The standard InChI is InChI=1S/C45H26/c1-2-8-24(9-3-1)35-22-29-23-39-36(21-28-18-26-14-15-27-20-38(35)44-41(27)40(26)42(28)45(39)43(29)44)25-16-17-34-32-12-5-4-10-30(32)31-11-6-7-13-33(31)37(34)19-25/h1-17,19,21-22H,18,20,23H2. The van der Waals surface area contributed by atoms with Gasteiger partial charge in [-0.15, -0.1) is 0 Å². The van der Waals surface area contributed by atoms with Crippen LogP contribution >= 0.6 is 0 Å². The fourth-order valence-electron chi connectivity index (χ4n) is 9.68. The van der Waals surface area contributed by atoms with Gasteiger partial charge in [0, 0.05) is 0 Å². The van der Waals surface area contributed by atoms with Crippen molar-refractivity contribution in [3.05, 3.63) is 155 Å². The van der Waals surface area contributed by atoms with Crippen LogP contribution in [0.4, 0.5) is 0 Å². The van der Waals surface area contributed by atoms with E-state index >= 15 is 0 Å². The van der Waals surface area contributed by atoms with Crippen molar-refractivity contribution in [2.24, 2.45) is 0 Å². The Morgan fingerprint density at radius 1 is 0.289 bits per heavy atom. The molecule has 0 spiro atoms. The Labute approximate surface area is 260 Å². The van der Waals surface area contributed by atoms with Crippen LogP contribution in [0.15, 0.2) is 121 Å². The van der Waals surface area contributed by atoms with Gasteiger partial charge in [0.15, 0.2) is 0 Å². The summed E-state index contributed by atoms with van der Waals surface area (Å²) in [5.41, 5.74) is 14.6. The fourth-order valence-corrected chi connectivity index (χ4v) is 9.68. The van der Waals surface area contributed by atoms with E-state index in [2.05, 4.69) is 121 Å². The zero-order chi connectivity index (χ0) is 29.0. The Balaban J connectivity index is 1.20. The third-order valence-corrected chi connectivity index (χ3v) is 11.4. The molecule has 0 amide bonds. The second-order valence-corrected chi connectivity index (χ2v) is 13.5. The van der Waals surface area contributed by atoms with E-state index in [1.54, 1.807) is 32.3 Å². The van der Waals surface area contributed by atoms with Gasteiger partial charge in [0.05, 0.1) is 0 Å². The first kappa shape index (κ1) is 23.0. The van der Waals surface area contributed by atoms with Crippen LogP contribution < -0.4 is 0 Å². The van der Waals surface area contributed by atoms with Gasteiger partial charge in [-0.25, -0.2) is 0 Å². The summed E-state index contributed by atoms with van der Waals surface area (Å²) < 4.78 is 0. The highest BCUT2D eigenvalue weighted by molar-refractivity contribution is 6.35. The Morgan fingerprint density at radius 2 is 0.756 bits per heavy atom. The third-order valence-electron chi connectivity index (χ3n) is 11.4. The summed E-state index contributed by atoms with van der Waals surface area (Å²) >= 11 is 0. The summed E-state index contributed by atoms with van der Waals surface area (Å²) in [5.74, 6) is 0. The smallest absolute Gasteiger partial charge is 0.000660 e. The molecule has 206 valence electrons. The Bertz CT molecular complexity index is 2830. The molecule has 0 unspecified atom stereocenters. The SMILES string of the molecule is c1ccc(-c2cc3c4c5c2Cc2ccc6c(c25)c2c(cc(-c5ccc7c8ccccc8c8ccccc8c7c5)c(c24)C3)C6)cc1. The number of fused-ring (bicyclic) bond motifs is 6. The van der Waals surface area contributed by atoms with Gasteiger partial charge in [0.2, 0.25) is 0 Å². The minimum atomic E-state index is 0.996. The minimum absolute atomic E-state index is 0.996. The maximum atomic E-state index is 2.57. The maximum absolute atomic E-state index is 2.57. The Hall–Kier alpha value is -5.46. The summed E-state index contributed by atoms with van der Waals surface area (Å²) in [7, 11) is 0. The van der Waals surface area contributed by atoms with Crippen molar-refractivity contribution in [3.63, 3.8) is 0 Å². The quantitative estimate of drug-likeness (QED) is 0.183. The van der Waals surface area contributed by atoms with Crippen LogP contribution in [0, 0.1) is 0 Å². The lowest BCUT2D eigenvalue weighted by atomic mass is 9.88. The zero-order valence-electron chi connectivity index (χ0n) is 24.7. The van der Waals surface area contributed by atoms with Crippen LogP contribution in [0.25, 0.3) is 86.9 Å². The lowest BCUT2D eigenvalue weighted by Gasteiger charge is -2.15.